The van der Waals surface area contributed by atoms with Gasteiger partial charge in [0.15, 0.2) is 0 Å². The number of hydrogen-bond acceptors (Lipinski definition) is 3. The maximum absolute atomic E-state index is 11.4. The molecule has 0 aliphatic heterocycles. The van der Waals surface area contributed by atoms with E-state index < -0.39 is 0 Å². The molecule has 0 saturated carbocycles. The zero-order chi connectivity index (χ0) is 12.9. The molecule has 4 heteroatoms. The smallest absolute Gasteiger partial charge is 0.220 e. The molecule has 1 heterocycles. The first-order valence-corrected chi connectivity index (χ1v) is 6.01. The third-order valence-corrected chi connectivity index (χ3v) is 2.45. The topological polar surface area (TPSA) is 54.9 Å². The van der Waals surface area contributed by atoms with Gasteiger partial charge in [-0.3, -0.25) is 4.79 Å². The number of carbonyl (C=O) groups excluding carboxylic acids is 1. The Morgan fingerprint density at radius 2 is 2.12 bits per heavy atom. The number of aromatic nitrogens is 2. The Labute approximate surface area is 103 Å². The summed E-state index contributed by atoms with van der Waals surface area (Å²) in [4.78, 5) is 19.8. The first kappa shape index (κ1) is 13.6. The first-order valence-electron chi connectivity index (χ1n) is 6.01. The number of hydrogen-bond donors (Lipinski definition) is 1. The van der Waals surface area contributed by atoms with Crippen LogP contribution in [0.3, 0.4) is 0 Å². The molecular weight excluding hydrogens is 214 g/mol. The second-order valence-corrected chi connectivity index (χ2v) is 5.17. The first-order chi connectivity index (χ1) is 7.95. The molecule has 1 rings (SSSR count). The van der Waals surface area contributed by atoms with E-state index in [-0.39, 0.29) is 11.3 Å². The zero-order valence-electron chi connectivity index (χ0n) is 11.1. The Balaban J connectivity index is 2.74. The fourth-order valence-electron chi connectivity index (χ4n) is 1.67. The van der Waals surface area contributed by atoms with Crippen molar-refractivity contribution in [2.75, 3.05) is 0 Å². The van der Waals surface area contributed by atoms with Crippen molar-refractivity contribution >= 4 is 5.91 Å². The van der Waals surface area contributed by atoms with E-state index in [0.717, 1.165) is 17.7 Å². The van der Waals surface area contributed by atoms with Crippen molar-refractivity contribution in [1.29, 1.82) is 0 Å². The van der Waals surface area contributed by atoms with Gasteiger partial charge in [-0.2, -0.15) is 0 Å². The summed E-state index contributed by atoms with van der Waals surface area (Å²) in [5.41, 5.74) is 1.95. The van der Waals surface area contributed by atoms with E-state index in [9.17, 15) is 4.79 Å². The molecule has 0 radical (unpaired) electrons. The molecule has 0 fully saturated rings. The third-order valence-electron chi connectivity index (χ3n) is 2.45. The van der Waals surface area contributed by atoms with Gasteiger partial charge >= 0.3 is 0 Å². The van der Waals surface area contributed by atoms with Crippen LogP contribution < -0.4 is 5.32 Å². The number of amides is 1. The quantitative estimate of drug-likeness (QED) is 0.870. The standard InChI is InChI=1S/C13H21N3O/c1-5-6-11(17)15-8-10-7-14-9-16-12(10)13(2,3)4/h7,9H,5-6,8H2,1-4H3,(H,15,17). The van der Waals surface area contributed by atoms with Gasteiger partial charge in [-0.1, -0.05) is 27.7 Å². The third kappa shape index (κ3) is 4.13. The molecule has 0 saturated heterocycles. The summed E-state index contributed by atoms with van der Waals surface area (Å²) in [7, 11) is 0. The second-order valence-electron chi connectivity index (χ2n) is 5.17. The maximum Gasteiger partial charge on any atom is 0.220 e. The zero-order valence-corrected chi connectivity index (χ0v) is 11.1. The summed E-state index contributed by atoms with van der Waals surface area (Å²) >= 11 is 0. The second kappa shape index (κ2) is 5.75. The van der Waals surface area contributed by atoms with E-state index in [1.165, 1.54) is 0 Å². The largest absolute Gasteiger partial charge is 0.352 e. The van der Waals surface area contributed by atoms with Gasteiger partial charge in [0.2, 0.25) is 5.91 Å². The molecule has 1 amide bonds. The van der Waals surface area contributed by atoms with Gasteiger partial charge in [-0.15, -0.1) is 0 Å². The van der Waals surface area contributed by atoms with Gasteiger partial charge in [0, 0.05) is 30.1 Å². The molecule has 0 aromatic carbocycles. The Bertz CT molecular complexity index is 382. The van der Waals surface area contributed by atoms with Gasteiger partial charge in [0.1, 0.15) is 6.33 Å². The van der Waals surface area contributed by atoms with Crippen LogP contribution in [0.4, 0.5) is 0 Å². The van der Waals surface area contributed by atoms with Crippen LogP contribution in [0, 0.1) is 0 Å². The predicted molar refractivity (Wildman–Crippen MR) is 67.5 cm³/mol. The van der Waals surface area contributed by atoms with E-state index in [1.807, 2.05) is 6.92 Å². The van der Waals surface area contributed by atoms with Crippen LogP contribution in [0.15, 0.2) is 12.5 Å². The average molecular weight is 235 g/mol. The lowest BCUT2D eigenvalue weighted by atomic mass is 9.89. The summed E-state index contributed by atoms with van der Waals surface area (Å²) in [6.45, 7) is 8.81. The SMILES string of the molecule is CCCC(=O)NCc1cncnc1C(C)(C)C. The molecule has 0 unspecified atom stereocenters. The highest BCUT2D eigenvalue weighted by Crippen LogP contribution is 2.22. The molecule has 0 aliphatic carbocycles. The highest BCUT2D eigenvalue weighted by Gasteiger charge is 2.19. The van der Waals surface area contributed by atoms with Crippen LogP contribution in [0.5, 0.6) is 0 Å². The molecule has 0 atom stereocenters. The van der Waals surface area contributed by atoms with Gasteiger partial charge in [-0.25, -0.2) is 9.97 Å². The Kier molecular flexibility index (Phi) is 4.61. The van der Waals surface area contributed by atoms with Crippen molar-refractivity contribution in [2.24, 2.45) is 0 Å². The van der Waals surface area contributed by atoms with Crippen molar-refractivity contribution in [3.63, 3.8) is 0 Å². The summed E-state index contributed by atoms with van der Waals surface area (Å²) in [6.07, 6.45) is 4.76. The van der Waals surface area contributed by atoms with Crippen LogP contribution >= 0.6 is 0 Å². The van der Waals surface area contributed by atoms with Crippen LogP contribution in [0.1, 0.15) is 51.8 Å². The van der Waals surface area contributed by atoms with Crippen LogP contribution in [0.2, 0.25) is 0 Å². The summed E-state index contributed by atoms with van der Waals surface area (Å²) in [6, 6.07) is 0. The molecule has 1 N–H and O–H groups in total. The van der Waals surface area contributed by atoms with Crippen molar-refractivity contribution in [1.82, 2.24) is 15.3 Å². The van der Waals surface area contributed by atoms with Crippen LogP contribution in [-0.2, 0) is 16.8 Å². The van der Waals surface area contributed by atoms with E-state index in [0.29, 0.717) is 13.0 Å². The lowest BCUT2D eigenvalue weighted by molar-refractivity contribution is -0.121. The molecule has 0 bridgehead atoms. The van der Waals surface area contributed by atoms with Crippen LogP contribution in [0.25, 0.3) is 0 Å². The minimum Gasteiger partial charge on any atom is -0.352 e. The molecule has 94 valence electrons. The van der Waals surface area contributed by atoms with Crippen molar-refractivity contribution in [3.8, 4) is 0 Å². The lowest BCUT2D eigenvalue weighted by Crippen LogP contribution is -2.25. The van der Waals surface area contributed by atoms with E-state index in [4.69, 9.17) is 0 Å². The predicted octanol–water partition coefficient (Wildman–Crippen LogP) is 2.19. The Morgan fingerprint density at radius 3 is 2.71 bits per heavy atom. The van der Waals surface area contributed by atoms with Crippen molar-refractivity contribution in [2.45, 2.75) is 52.5 Å². The number of carbonyl (C=O) groups is 1. The highest BCUT2D eigenvalue weighted by atomic mass is 16.1. The molecule has 1 aromatic rings. The van der Waals surface area contributed by atoms with Gasteiger partial charge in [-0.05, 0) is 6.42 Å². The lowest BCUT2D eigenvalue weighted by Gasteiger charge is -2.20. The molecular formula is C13H21N3O. The molecule has 0 aliphatic rings. The number of rotatable bonds is 4. The maximum atomic E-state index is 11.4. The Morgan fingerprint density at radius 1 is 1.41 bits per heavy atom. The van der Waals surface area contributed by atoms with Gasteiger partial charge in [0.05, 0.1) is 5.69 Å². The van der Waals surface area contributed by atoms with E-state index >= 15 is 0 Å². The Hall–Kier alpha value is -1.45. The molecule has 17 heavy (non-hydrogen) atoms. The minimum absolute atomic E-state index is 0.0340. The molecule has 1 aromatic heterocycles. The van der Waals surface area contributed by atoms with E-state index in [2.05, 4.69) is 36.1 Å². The minimum atomic E-state index is -0.0340. The average Bonchev–Trinajstić information content (AvgIpc) is 2.26. The fraction of sp³-hybridized carbons (Fsp3) is 0.615. The monoisotopic (exact) mass is 235 g/mol. The number of nitrogens with one attached hydrogen (secondary N) is 1. The fourth-order valence-corrected chi connectivity index (χ4v) is 1.67. The van der Waals surface area contributed by atoms with Gasteiger partial charge in [0.25, 0.3) is 0 Å². The normalized spacial score (nSPS) is 11.3. The number of nitrogens with zero attached hydrogens (tertiary/aromatic N) is 2. The summed E-state index contributed by atoms with van der Waals surface area (Å²) in [5.74, 6) is 0.0798. The van der Waals surface area contributed by atoms with Gasteiger partial charge < -0.3 is 5.32 Å². The van der Waals surface area contributed by atoms with Crippen molar-refractivity contribution in [3.05, 3.63) is 23.8 Å². The van der Waals surface area contributed by atoms with E-state index in [1.54, 1.807) is 12.5 Å². The molecule has 4 nitrogen and oxygen atoms in total. The summed E-state index contributed by atoms with van der Waals surface area (Å²) < 4.78 is 0. The molecule has 0 spiro atoms. The summed E-state index contributed by atoms with van der Waals surface area (Å²) in [5, 5.41) is 2.89. The highest BCUT2D eigenvalue weighted by molar-refractivity contribution is 5.75. The van der Waals surface area contributed by atoms with Crippen molar-refractivity contribution < 1.29 is 4.79 Å². The van der Waals surface area contributed by atoms with Crippen LogP contribution in [-0.4, -0.2) is 15.9 Å².